The van der Waals surface area contributed by atoms with Crippen LogP contribution in [0.15, 0.2) is 48.5 Å². The molecule has 7 heteroatoms. The zero-order valence-corrected chi connectivity index (χ0v) is 16.4. The lowest BCUT2D eigenvalue weighted by molar-refractivity contribution is -0.117. The molecule has 0 radical (unpaired) electrons. The molecule has 0 bridgehead atoms. The Bertz CT molecular complexity index is 964. The number of nitrogens with two attached hydrogens (primary N) is 1. The topological polar surface area (TPSA) is 76.2 Å². The van der Waals surface area contributed by atoms with E-state index in [1.54, 1.807) is 0 Å². The van der Waals surface area contributed by atoms with Crippen molar-refractivity contribution in [3.05, 3.63) is 59.1 Å². The molecule has 146 valence electrons. The summed E-state index contributed by atoms with van der Waals surface area (Å²) in [6.45, 7) is 2.62. The minimum Gasteiger partial charge on any atom is -0.328 e. The van der Waals surface area contributed by atoms with Crippen LogP contribution < -0.4 is 11.1 Å². The lowest BCUT2D eigenvalue weighted by Crippen LogP contribution is -2.43. The van der Waals surface area contributed by atoms with Gasteiger partial charge in [0.15, 0.2) is 0 Å². The van der Waals surface area contributed by atoms with E-state index < -0.39 is 0 Å². The number of carbonyl (C=O) groups is 1. The van der Waals surface area contributed by atoms with Crippen molar-refractivity contribution in [1.82, 2.24) is 14.5 Å². The highest BCUT2D eigenvalue weighted by Crippen LogP contribution is 2.27. The molecular formula is C21H24ClN5O. The molecule has 0 aliphatic carbocycles. The Balaban J connectivity index is 1.58. The van der Waals surface area contributed by atoms with E-state index >= 15 is 0 Å². The Morgan fingerprint density at radius 1 is 1.14 bits per heavy atom. The predicted octanol–water partition coefficient (Wildman–Crippen LogP) is 3.10. The molecule has 1 aromatic heterocycles. The maximum absolute atomic E-state index is 12.7. The van der Waals surface area contributed by atoms with Crippen molar-refractivity contribution < 1.29 is 4.79 Å². The Labute approximate surface area is 169 Å². The Hall–Kier alpha value is -2.41. The van der Waals surface area contributed by atoms with Crippen LogP contribution in [-0.2, 0) is 11.3 Å². The van der Waals surface area contributed by atoms with Crippen molar-refractivity contribution >= 4 is 34.5 Å². The Morgan fingerprint density at radius 3 is 2.64 bits per heavy atom. The number of anilines is 1. The molecule has 1 aliphatic heterocycles. The molecule has 1 fully saturated rings. The van der Waals surface area contributed by atoms with Crippen molar-refractivity contribution in [3.8, 4) is 0 Å². The van der Waals surface area contributed by atoms with Gasteiger partial charge in [-0.1, -0.05) is 48.0 Å². The van der Waals surface area contributed by atoms with Crippen LogP contribution in [0.4, 0.5) is 5.95 Å². The number of imidazole rings is 1. The fraction of sp³-hybridized carbons (Fsp3) is 0.333. The first-order chi connectivity index (χ1) is 13.6. The standard InChI is InChI=1S/C21H24ClN5O/c22-17-7-4-8-18-20(17)27(13-15-5-2-1-3-6-15)21(24-18)25-19(28)14-26-11-9-16(23)10-12-26/h1-8,16H,9-14,23H2,(H,24,25,28). The second-order valence-electron chi connectivity index (χ2n) is 7.28. The van der Waals surface area contributed by atoms with E-state index in [1.165, 1.54) is 0 Å². The van der Waals surface area contributed by atoms with Gasteiger partial charge in [-0.15, -0.1) is 0 Å². The summed E-state index contributed by atoms with van der Waals surface area (Å²) in [4.78, 5) is 19.4. The summed E-state index contributed by atoms with van der Waals surface area (Å²) in [6, 6.07) is 15.9. The lowest BCUT2D eigenvalue weighted by atomic mass is 10.1. The number of piperidine rings is 1. The number of amides is 1. The summed E-state index contributed by atoms with van der Waals surface area (Å²) in [5.41, 5.74) is 8.65. The van der Waals surface area contributed by atoms with Crippen molar-refractivity contribution in [3.63, 3.8) is 0 Å². The SMILES string of the molecule is NC1CCN(CC(=O)Nc2nc3cccc(Cl)c3n2Cc2ccccc2)CC1. The second kappa shape index (κ2) is 8.31. The van der Waals surface area contributed by atoms with Crippen LogP contribution in [0.1, 0.15) is 18.4 Å². The first-order valence-corrected chi connectivity index (χ1v) is 9.94. The van der Waals surface area contributed by atoms with Gasteiger partial charge in [0.2, 0.25) is 11.9 Å². The van der Waals surface area contributed by atoms with Crippen LogP contribution in [0.5, 0.6) is 0 Å². The highest BCUT2D eigenvalue weighted by Gasteiger charge is 2.20. The molecule has 0 spiro atoms. The highest BCUT2D eigenvalue weighted by molar-refractivity contribution is 6.35. The zero-order chi connectivity index (χ0) is 19.5. The van der Waals surface area contributed by atoms with Gasteiger partial charge in [0, 0.05) is 19.1 Å². The predicted molar refractivity (Wildman–Crippen MR) is 113 cm³/mol. The molecule has 2 aromatic carbocycles. The Morgan fingerprint density at radius 2 is 1.89 bits per heavy atom. The average Bonchev–Trinajstić information content (AvgIpc) is 3.02. The zero-order valence-electron chi connectivity index (χ0n) is 15.6. The van der Waals surface area contributed by atoms with Crippen LogP contribution in [0.3, 0.4) is 0 Å². The van der Waals surface area contributed by atoms with Gasteiger partial charge in [-0.25, -0.2) is 4.98 Å². The van der Waals surface area contributed by atoms with E-state index in [9.17, 15) is 4.79 Å². The molecule has 0 saturated carbocycles. The fourth-order valence-electron chi connectivity index (χ4n) is 3.64. The van der Waals surface area contributed by atoms with E-state index in [0.717, 1.165) is 42.5 Å². The monoisotopic (exact) mass is 397 g/mol. The third kappa shape index (κ3) is 4.19. The van der Waals surface area contributed by atoms with Crippen molar-refractivity contribution in [2.75, 3.05) is 25.0 Å². The number of hydrogen-bond donors (Lipinski definition) is 2. The molecule has 0 atom stereocenters. The quantitative estimate of drug-likeness (QED) is 0.693. The first-order valence-electron chi connectivity index (χ1n) is 9.56. The number of rotatable bonds is 5. The third-order valence-corrected chi connectivity index (χ3v) is 5.46. The van der Waals surface area contributed by atoms with E-state index in [2.05, 4.69) is 15.2 Å². The average molecular weight is 398 g/mol. The van der Waals surface area contributed by atoms with Crippen LogP contribution >= 0.6 is 11.6 Å². The number of nitrogens with one attached hydrogen (secondary N) is 1. The maximum atomic E-state index is 12.7. The van der Waals surface area contributed by atoms with Crippen LogP contribution in [0.25, 0.3) is 11.0 Å². The molecule has 1 amide bonds. The molecule has 0 unspecified atom stereocenters. The van der Waals surface area contributed by atoms with E-state index in [4.69, 9.17) is 17.3 Å². The summed E-state index contributed by atoms with van der Waals surface area (Å²) in [6.07, 6.45) is 1.85. The molecule has 4 rings (SSSR count). The molecule has 3 aromatic rings. The van der Waals surface area contributed by atoms with Crippen molar-refractivity contribution in [1.29, 1.82) is 0 Å². The molecule has 1 aliphatic rings. The van der Waals surface area contributed by atoms with E-state index in [1.807, 2.05) is 53.1 Å². The van der Waals surface area contributed by atoms with Gasteiger partial charge in [0.1, 0.15) is 0 Å². The first kappa shape index (κ1) is 18.9. The summed E-state index contributed by atoms with van der Waals surface area (Å²) in [5.74, 6) is 0.446. The molecular weight excluding hydrogens is 374 g/mol. The van der Waals surface area contributed by atoms with E-state index in [-0.39, 0.29) is 11.9 Å². The van der Waals surface area contributed by atoms with Crippen molar-refractivity contribution in [2.45, 2.75) is 25.4 Å². The van der Waals surface area contributed by atoms with E-state index in [0.29, 0.717) is 24.1 Å². The number of para-hydroxylation sites is 1. The lowest BCUT2D eigenvalue weighted by Gasteiger charge is -2.29. The van der Waals surface area contributed by atoms with Gasteiger partial charge >= 0.3 is 0 Å². The smallest absolute Gasteiger partial charge is 0.240 e. The van der Waals surface area contributed by atoms with Crippen LogP contribution in [-0.4, -0.2) is 46.0 Å². The minimum absolute atomic E-state index is 0.0730. The van der Waals surface area contributed by atoms with Gasteiger partial charge in [0.25, 0.3) is 0 Å². The minimum atomic E-state index is -0.0730. The summed E-state index contributed by atoms with van der Waals surface area (Å²) in [5, 5.41) is 3.60. The molecule has 2 heterocycles. The number of aromatic nitrogens is 2. The third-order valence-electron chi connectivity index (χ3n) is 5.15. The number of benzene rings is 2. The van der Waals surface area contributed by atoms with Crippen LogP contribution in [0, 0.1) is 0 Å². The summed E-state index contributed by atoms with van der Waals surface area (Å²) >= 11 is 6.45. The largest absolute Gasteiger partial charge is 0.328 e. The van der Waals surface area contributed by atoms with Crippen LogP contribution in [0.2, 0.25) is 5.02 Å². The van der Waals surface area contributed by atoms with Crippen molar-refractivity contribution in [2.24, 2.45) is 5.73 Å². The second-order valence-corrected chi connectivity index (χ2v) is 7.68. The maximum Gasteiger partial charge on any atom is 0.240 e. The molecule has 3 N–H and O–H groups in total. The van der Waals surface area contributed by atoms with Gasteiger partial charge in [-0.3, -0.25) is 15.0 Å². The molecule has 6 nitrogen and oxygen atoms in total. The summed E-state index contributed by atoms with van der Waals surface area (Å²) in [7, 11) is 0. The number of likely N-dealkylation sites (tertiary alicyclic amines) is 1. The molecule has 1 saturated heterocycles. The number of fused-ring (bicyclic) bond motifs is 1. The van der Waals surface area contributed by atoms with Gasteiger partial charge in [-0.05, 0) is 30.5 Å². The number of nitrogens with zero attached hydrogens (tertiary/aromatic N) is 3. The van der Waals surface area contributed by atoms with Gasteiger partial charge < -0.3 is 10.3 Å². The normalized spacial score (nSPS) is 15.8. The number of carbonyl (C=O) groups excluding carboxylic acids is 1. The molecule has 28 heavy (non-hydrogen) atoms. The summed E-state index contributed by atoms with van der Waals surface area (Å²) < 4.78 is 1.97. The van der Waals surface area contributed by atoms with Gasteiger partial charge in [0.05, 0.1) is 29.1 Å². The van der Waals surface area contributed by atoms with Gasteiger partial charge in [-0.2, -0.15) is 0 Å². The number of hydrogen-bond acceptors (Lipinski definition) is 4. The number of halogens is 1. The highest BCUT2D eigenvalue weighted by atomic mass is 35.5. The fourth-order valence-corrected chi connectivity index (χ4v) is 3.91. The Kier molecular flexibility index (Phi) is 5.62.